The van der Waals surface area contributed by atoms with Gasteiger partial charge >= 0.3 is 12.2 Å². The van der Waals surface area contributed by atoms with E-state index in [4.69, 9.17) is 4.98 Å². The number of carbonyl (C=O) groups excluding carboxylic acids is 1. The first kappa shape index (κ1) is 23.6. The van der Waals surface area contributed by atoms with Gasteiger partial charge in [0.15, 0.2) is 0 Å². The summed E-state index contributed by atoms with van der Waals surface area (Å²) in [5.41, 5.74) is 1.12. The van der Waals surface area contributed by atoms with Crippen LogP contribution in [0.15, 0.2) is 36.5 Å². The molecular formula is C25H29F3N6O. The van der Waals surface area contributed by atoms with E-state index < -0.39 is 17.4 Å². The highest BCUT2D eigenvalue weighted by Crippen LogP contribution is 2.46. The molecule has 1 aromatic carbocycles. The van der Waals surface area contributed by atoms with Crippen LogP contribution in [0.25, 0.3) is 11.0 Å². The molecule has 7 nitrogen and oxygen atoms in total. The minimum atomic E-state index is -4.52. The summed E-state index contributed by atoms with van der Waals surface area (Å²) in [5.74, 6) is 1.00. The number of hydrogen-bond donors (Lipinski definition) is 1. The van der Waals surface area contributed by atoms with Gasteiger partial charge in [0, 0.05) is 7.05 Å². The molecule has 35 heavy (non-hydrogen) atoms. The molecule has 1 spiro atoms. The van der Waals surface area contributed by atoms with Crippen molar-refractivity contribution in [1.82, 2.24) is 24.8 Å². The number of aromatic nitrogens is 3. The number of urea groups is 1. The second-order valence-electron chi connectivity index (χ2n) is 10.1. The van der Waals surface area contributed by atoms with E-state index in [9.17, 15) is 18.0 Å². The molecule has 1 saturated carbocycles. The van der Waals surface area contributed by atoms with Crippen LogP contribution in [0, 0.1) is 6.92 Å². The van der Waals surface area contributed by atoms with E-state index in [1.54, 1.807) is 6.92 Å². The van der Waals surface area contributed by atoms with Crippen LogP contribution in [0.2, 0.25) is 0 Å². The van der Waals surface area contributed by atoms with Gasteiger partial charge < -0.3 is 9.88 Å². The van der Waals surface area contributed by atoms with Crippen molar-refractivity contribution in [3.05, 3.63) is 53.6 Å². The fraction of sp³-hybridized carbons (Fsp3) is 0.480. The lowest BCUT2D eigenvalue weighted by atomic mass is 9.71. The predicted molar refractivity (Wildman–Crippen MR) is 127 cm³/mol. The van der Waals surface area contributed by atoms with E-state index >= 15 is 0 Å². The Balaban J connectivity index is 1.41. The molecule has 1 aliphatic carbocycles. The van der Waals surface area contributed by atoms with E-state index in [2.05, 4.69) is 39.9 Å². The maximum Gasteiger partial charge on any atom is 0.433 e. The maximum absolute atomic E-state index is 13.0. The Morgan fingerprint density at radius 3 is 2.40 bits per heavy atom. The van der Waals surface area contributed by atoms with E-state index in [1.807, 2.05) is 25.2 Å². The monoisotopic (exact) mass is 486 g/mol. The molecule has 5 rings (SSSR count). The van der Waals surface area contributed by atoms with Gasteiger partial charge in [0.1, 0.15) is 11.5 Å². The molecule has 1 saturated heterocycles. The van der Waals surface area contributed by atoms with Crippen molar-refractivity contribution in [1.29, 1.82) is 0 Å². The van der Waals surface area contributed by atoms with Crippen molar-refractivity contribution in [2.75, 3.05) is 25.5 Å². The molecule has 0 radical (unpaired) electrons. The largest absolute Gasteiger partial charge is 0.433 e. The number of imidazole rings is 1. The number of aryl methyl sites for hydroxylation is 2. The van der Waals surface area contributed by atoms with E-state index in [1.165, 1.54) is 4.90 Å². The summed E-state index contributed by atoms with van der Waals surface area (Å²) in [6, 6.07) is 8.77. The van der Waals surface area contributed by atoms with Crippen molar-refractivity contribution in [3.8, 4) is 0 Å². The molecule has 1 aliphatic heterocycles. The number of hydrogen-bond acceptors (Lipinski definition) is 4. The highest BCUT2D eigenvalue weighted by molar-refractivity contribution is 5.96. The molecular weight excluding hydrogens is 457 g/mol. The summed E-state index contributed by atoms with van der Waals surface area (Å²) in [5, 5.41) is 3.15. The van der Waals surface area contributed by atoms with Crippen molar-refractivity contribution >= 4 is 22.8 Å². The molecule has 3 aromatic rings. The van der Waals surface area contributed by atoms with Gasteiger partial charge in [0.2, 0.25) is 0 Å². The highest BCUT2D eigenvalue weighted by atomic mass is 19.4. The van der Waals surface area contributed by atoms with Crippen molar-refractivity contribution < 1.29 is 18.0 Å². The van der Waals surface area contributed by atoms with Gasteiger partial charge in [-0.25, -0.2) is 14.8 Å². The Labute approximate surface area is 201 Å². The van der Waals surface area contributed by atoms with Crippen LogP contribution in [0.3, 0.4) is 0 Å². The van der Waals surface area contributed by atoms with Gasteiger partial charge in [-0.2, -0.15) is 13.2 Å². The second-order valence-corrected chi connectivity index (χ2v) is 10.1. The number of rotatable bonds is 3. The first-order valence-corrected chi connectivity index (χ1v) is 11.7. The van der Waals surface area contributed by atoms with Gasteiger partial charge in [-0.15, -0.1) is 0 Å². The zero-order valence-corrected chi connectivity index (χ0v) is 20.3. The van der Waals surface area contributed by atoms with Gasteiger partial charge in [0.05, 0.1) is 40.5 Å². The molecule has 1 N–H and O–H groups in total. The fourth-order valence-corrected chi connectivity index (χ4v) is 5.75. The van der Waals surface area contributed by atoms with Crippen LogP contribution >= 0.6 is 0 Å². The average Bonchev–Trinajstić information content (AvgIpc) is 3.31. The zero-order valence-electron chi connectivity index (χ0n) is 20.3. The summed E-state index contributed by atoms with van der Waals surface area (Å²) >= 11 is 0. The summed E-state index contributed by atoms with van der Waals surface area (Å²) in [6.45, 7) is 1.97. The van der Waals surface area contributed by atoms with E-state index in [-0.39, 0.29) is 11.6 Å². The van der Waals surface area contributed by atoms with Crippen LogP contribution in [-0.2, 0) is 18.8 Å². The molecule has 2 fully saturated rings. The van der Waals surface area contributed by atoms with Crippen LogP contribution in [0.4, 0.5) is 23.7 Å². The molecule has 2 aromatic heterocycles. The van der Waals surface area contributed by atoms with Gasteiger partial charge in [-0.3, -0.25) is 9.80 Å². The Hall–Kier alpha value is -3.14. The average molecular weight is 487 g/mol. The molecule has 0 atom stereocenters. The predicted octanol–water partition coefficient (Wildman–Crippen LogP) is 4.60. The van der Waals surface area contributed by atoms with E-state index in [0.29, 0.717) is 17.8 Å². The number of benzene rings is 1. The standard InChI is InChI=1S/C25H29F3N6O/c1-16-13-20(25(26,27)28)29-14-19(16)34-15-23(31-22(34)35)9-11-24(12-10-23,32(2)3)21-30-17-7-5-6-8-18(17)33(21)4/h5-8,13-14H,9-12,15H2,1-4H3,(H,31,35)/t23-,24-. The summed E-state index contributed by atoms with van der Waals surface area (Å²) in [7, 11) is 6.17. The number of para-hydroxylation sites is 2. The Kier molecular flexibility index (Phi) is 5.35. The summed E-state index contributed by atoms with van der Waals surface area (Å²) in [6.07, 6.45) is -0.339. The lowest BCUT2D eigenvalue weighted by Crippen LogP contribution is -2.54. The molecule has 2 amide bonds. The topological polar surface area (TPSA) is 66.3 Å². The highest BCUT2D eigenvalue weighted by Gasteiger charge is 2.52. The Morgan fingerprint density at radius 2 is 1.80 bits per heavy atom. The number of pyridine rings is 1. The van der Waals surface area contributed by atoms with Crippen molar-refractivity contribution in [2.45, 2.75) is 49.9 Å². The smallest absolute Gasteiger partial charge is 0.330 e. The minimum absolute atomic E-state index is 0.289. The number of fused-ring (bicyclic) bond motifs is 1. The van der Waals surface area contributed by atoms with Crippen molar-refractivity contribution in [3.63, 3.8) is 0 Å². The molecule has 0 bridgehead atoms. The van der Waals surface area contributed by atoms with Crippen LogP contribution in [0.1, 0.15) is 42.8 Å². The number of alkyl halides is 3. The zero-order chi connectivity index (χ0) is 25.2. The van der Waals surface area contributed by atoms with Crippen LogP contribution < -0.4 is 10.2 Å². The number of carbonyl (C=O) groups is 1. The summed E-state index contributed by atoms with van der Waals surface area (Å²) < 4.78 is 41.3. The SMILES string of the molecule is Cc1cc(C(F)(F)F)ncc1N1C[C@]2(CC[C@@](c3nc4ccccc4n3C)(N(C)C)CC2)NC1=O. The fourth-order valence-electron chi connectivity index (χ4n) is 5.75. The van der Waals surface area contributed by atoms with Crippen LogP contribution in [-0.4, -0.2) is 51.6 Å². The third-order valence-corrected chi connectivity index (χ3v) is 7.84. The number of anilines is 1. The third kappa shape index (κ3) is 3.74. The normalized spacial score (nSPS) is 25.1. The van der Waals surface area contributed by atoms with Crippen LogP contribution in [0.5, 0.6) is 0 Å². The van der Waals surface area contributed by atoms with E-state index in [0.717, 1.165) is 54.8 Å². The van der Waals surface area contributed by atoms with Gasteiger partial charge in [0.25, 0.3) is 0 Å². The summed E-state index contributed by atoms with van der Waals surface area (Å²) in [4.78, 5) is 25.3. The van der Waals surface area contributed by atoms with Gasteiger partial charge in [-0.05, 0) is 70.5 Å². The molecule has 3 heterocycles. The number of halogens is 3. The minimum Gasteiger partial charge on any atom is -0.330 e. The third-order valence-electron chi connectivity index (χ3n) is 7.84. The second kappa shape index (κ2) is 7.94. The maximum atomic E-state index is 13.0. The molecule has 0 unspecified atom stereocenters. The lowest BCUT2D eigenvalue weighted by molar-refractivity contribution is -0.141. The lowest BCUT2D eigenvalue weighted by Gasteiger charge is -2.47. The Bertz CT molecular complexity index is 1290. The molecule has 2 aliphatic rings. The van der Waals surface area contributed by atoms with Crippen molar-refractivity contribution in [2.24, 2.45) is 7.05 Å². The quantitative estimate of drug-likeness (QED) is 0.588. The number of nitrogens with zero attached hydrogens (tertiary/aromatic N) is 5. The first-order chi connectivity index (χ1) is 16.5. The molecule has 10 heteroatoms. The molecule has 186 valence electrons. The Morgan fingerprint density at radius 1 is 1.11 bits per heavy atom. The first-order valence-electron chi connectivity index (χ1n) is 11.7. The number of nitrogens with one attached hydrogen (secondary N) is 1. The number of amides is 2. The van der Waals surface area contributed by atoms with Gasteiger partial charge in [-0.1, -0.05) is 12.1 Å².